The van der Waals surface area contributed by atoms with E-state index in [9.17, 15) is 0 Å². The van der Waals surface area contributed by atoms with Crippen LogP contribution in [0.3, 0.4) is 0 Å². The molecule has 2 fully saturated rings. The van der Waals surface area contributed by atoms with Crippen LogP contribution in [0.5, 0.6) is 0 Å². The second-order valence-corrected chi connectivity index (χ2v) is 11.7. The van der Waals surface area contributed by atoms with Crippen molar-refractivity contribution >= 4 is 15.8 Å². The summed E-state index contributed by atoms with van der Waals surface area (Å²) in [7, 11) is 0.898. The molecule has 0 spiro atoms. The molecule has 0 aromatic heterocycles. The van der Waals surface area contributed by atoms with Gasteiger partial charge < -0.3 is 0 Å². The molecular formula is C16H32P2. The van der Waals surface area contributed by atoms with E-state index in [0.717, 1.165) is 0 Å². The molecule has 2 aliphatic rings. The molecule has 0 aliphatic carbocycles. The number of hydrogen-bond donors (Lipinski definition) is 0. The fraction of sp³-hybridized carbons (Fsp3) is 1.00. The smallest absolute Gasteiger partial charge is 0.0141 e. The summed E-state index contributed by atoms with van der Waals surface area (Å²) in [4.78, 5) is 0. The topological polar surface area (TPSA) is 0 Å². The second-order valence-electron chi connectivity index (χ2n) is 6.20. The van der Waals surface area contributed by atoms with Crippen LogP contribution in [0.1, 0.15) is 65.2 Å². The average molecular weight is 286 g/mol. The van der Waals surface area contributed by atoms with Crippen molar-refractivity contribution in [3.63, 3.8) is 0 Å². The predicted octanol–water partition coefficient (Wildman–Crippen LogP) is 5.88. The quantitative estimate of drug-likeness (QED) is 0.513. The summed E-state index contributed by atoms with van der Waals surface area (Å²) in [6.07, 6.45) is 18.7. The third-order valence-electron chi connectivity index (χ3n) is 4.87. The van der Waals surface area contributed by atoms with Crippen molar-refractivity contribution in [2.24, 2.45) is 0 Å². The maximum Gasteiger partial charge on any atom is -0.0141 e. The van der Waals surface area contributed by atoms with Crippen LogP contribution in [-0.4, -0.2) is 36.0 Å². The molecule has 106 valence electrons. The lowest BCUT2D eigenvalue weighted by atomic mass is 10.1. The van der Waals surface area contributed by atoms with Crippen molar-refractivity contribution in [3.05, 3.63) is 0 Å². The Balaban J connectivity index is 1.87. The molecule has 2 aliphatic heterocycles. The van der Waals surface area contributed by atoms with Gasteiger partial charge in [0.05, 0.1) is 0 Å². The highest BCUT2D eigenvalue weighted by atomic mass is 31.1. The normalized spacial score (nSPS) is 36.3. The maximum atomic E-state index is 2.37. The van der Waals surface area contributed by atoms with Crippen LogP contribution < -0.4 is 0 Å². The molecule has 0 bridgehead atoms. The molecule has 0 nitrogen and oxygen atoms in total. The Morgan fingerprint density at radius 3 is 1.61 bits per heavy atom. The van der Waals surface area contributed by atoms with Crippen LogP contribution >= 0.6 is 15.8 Å². The molecule has 0 saturated carbocycles. The molecule has 2 heterocycles. The Labute approximate surface area is 117 Å². The lowest BCUT2D eigenvalue weighted by molar-refractivity contribution is 0.692. The third kappa shape index (κ3) is 3.93. The largest absolute Gasteiger partial charge is 0.103 e. The predicted molar refractivity (Wildman–Crippen MR) is 89.2 cm³/mol. The van der Waals surface area contributed by atoms with Gasteiger partial charge in [0.15, 0.2) is 0 Å². The first-order valence-corrected chi connectivity index (χ1v) is 11.9. The summed E-state index contributed by atoms with van der Waals surface area (Å²) in [6, 6.07) is 0. The summed E-state index contributed by atoms with van der Waals surface area (Å²) in [5, 5.41) is 0. The molecule has 0 aromatic rings. The van der Waals surface area contributed by atoms with Gasteiger partial charge in [0, 0.05) is 0 Å². The van der Waals surface area contributed by atoms with Gasteiger partial charge in [0.2, 0.25) is 0 Å². The van der Waals surface area contributed by atoms with Crippen molar-refractivity contribution in [1.29, 1.82) is 0 Å². The zero-order valence-electron chi connectivity index (χ0n) is 12.5. The molecule has 18 heavy (non-hydrogen) atoms. The van der Waals surface area contributed by atoms with Crippen LogP contribution in [0, 0.1) is 0 Å². The Morgan fingerprint density at radius 1 is 0.778 bits per heavy atom. The zero-order chi connectivity index (χ0) is 12.8. The van der Waals surface area contributed by atoms with Gasteiger partial charge in [-0.2, -0.15) is 0 Å². The molecular weight excluding hydrogens is 254 g/mol. The molecule has 0 N–H and O–H groups in total. The van der Waals surface area contributed by atoms with Crippen LogP contribution in [0.2, 0.25) is 0 Å². The highest BCUT2D eigenvalue weighted by Crippen LogP contribution is 2.62. The van der Waals surface area contributed by atoms with E-state index in [1.807, 2.05) is 0 Å². The van der Waals surface area contributed by atoms with Gasteiger partial charge in [-0.25, -0.2) is 0 Å². The molecule has 2 rings (SSSR count). The first-order chi connectivity index (χ1) is 8.86. The molecule has 0 amide bonds. The standard InChI is InChI=1S/C16H32P2/c1-3-5-11-17-13-7-9-15(17)16-10-8-14-18(16)12-6-4-2/h15-16H,3-14H2,1-2H3/t15-,16-,17+,18+/m1/s1. The first-order valence-electron chi connectivity index (χ1n) is 8.35. The Kier molecular flexibility index (Phi) is 6.96. The first kappa shape index (κ1) is 15.3. The monoisotopic (exact) mass is 286 g/mol. The van der Waals surface area contributed by atoms with E-state index in [1.54, 1.807) is 50.3 Å². The highest BCUT2D eigenvalue weighted by molar-refractivity contribution is 7.63. The van der Waals surface area contributed by atoms with E-state index in [4.69, 9.17) is 0 Å². The molecule has 2 saturated heterocycles. The molecule has 0 aromatic carbocycles. The van der Waals surface area contributed by atoms with E-state index in [2.05, 4.69) is 13.8 Å². The van der Waals surface area contributed by atoms with Crippen LogP contribution in [0.25, 0.3) is 0 Å². The molecule has 2 heteroatoms. The van der Waals surface area contributed by atoms with Crippen LogP contribution in [0.15, 0.2) is 0 Å². The average Bonchev–Trinajstić information content (AvgIpc) is 3.01. The summed E-state index contributed by atoms with van der Waals surface area (Å²) >= 11 is 0. The van der Waals surface area contributed by atoms with Gasteiger partial charge in [0.25, 0.3) is 0 Å². The number of unbranched alkanes of at least 4 members (excludes halogenated alkanes) is 2. The van der Waals surface area contributed by atoms with Crippen LogP contribution in [-0.2, 0) is 0 Å². The van der Waals surface area contributed by atoms with E-state index < -0.39 is 0 Å². The van der Waals surface area contributed by atoms with Crippen molar-refractivity contribution in [3.8, 4) is 0 Å². The van der Waals surface area contributed by atoms with Gasteiger partial charge in [-0.05, 0) is 74.5 Å². The lowest BCUT2D eigenvalue weighted by Gasteiger charge is -2.31. The van der Waals surface area contributed by atoms with Crippen molar-refractivity contribution in [2.75, 3.05) is 24.6 Å². The van der Waals surface area contributed by atoms with Gasteiger partial charge in [-0.1, -0.05) is 26.7 Å². The van der Waals surface area contributed by atoms with Gasteiger partial charge in [0.1, 0.15) is 0 Å². The summed E-state index contributed by atoms with van der Waals surface area (Å²) in [5.41, 5.74) is 2.44. The molecule has 4 atom stereocenters. The van der Waals surface area contributed by atoms with E-state index >= 15 is 0 Å². The third-order valence-corrected chi connectivity index (χ3v) is 11.8. The maximum absolute atomic E-state index is 2.37. The fourth-order valence-electron chi connectivity index (χ4n) is 3.85. The minimum Gasteiger partial charge on any atom is -0.103 e. The van der Waals surface area contributed by atoms with Crippen molar-refractivity contribution < 1.29 is 0 Å². The van der Waals surface area contributed by atoms with Gasteiger partial charge in [-0.3, -0.25) is 0 Å². The Bertz CT molecular complexity index is 205. The minimum atomic E-state index is 0.449. The van der Waals surface area contributed by atoms with Crippen molar-refractivity contribution in [1.82, 2.24) is 0 Å². The summed E-state index contributed by atoms with van der Waals surface area (Å²) in [5.74, 6) is 0. The Hall–Kier alpha value is 0.860. The second kappa shape index (κ2) is 8.21. The highest BCUT2D eigenvalue weighted by Gasteiger charge is 2.38. The fourth-order valence-corrected chi connectivity index (χ4v) is 11.7. The molecule has 0 unspecified atom stereocenters. The van der Waals surface area contributed by atoms with Gasteiger partial charge >= 0.3 is 0 Å². The van der Waals surface area contributed by atoms with E-state index in [-0.39, 0.29) is 0 Å². The zero-order valence-corrected chi connectivity index (χ0v) is 14.3. The minimum absolute atomic E-state index is 0.449. The number of hydrogen-bond acceptors (Lipinski definition) is 0. The summed E-state index contributed by atoms with van der Waals surface area (Å²) < 4.78 is 0. The Morgan fingerprint density at radius 2 is 1.22 bits per heavy atom. The summed E-state index contributed by atoms with van der Waals surface area (Å²) in [6.45, 7) is 4.73. The lowest BCUT2D eigenvalue weighted by Crippen LogP contribution is -2.19. The van der Waals surface area contributed by atoms with E-state index in [0.29, 0.717) is 15.8 Å². The van der Waals surface area contributed by atoms with Gasteiger partial charge in [-0.15, -0.1) is 15.8 Å². The SMILES string of the molecule is CCCC[P@@]1CCC[C@@H]1[C@H]1CCC[P@]1CCCC. The number of rotatable bonds is 7. The van der Waals surface area contributed by atoms with Crippen LogP contribution in [0.4, 0.5) is 0 Å². The molecule has 0 radical (unpaired) electrons. The van der Waals surface area contributed by atoms with Crippen molar-refractivity contribution in [2.45, 2.75) is 76.5 Å². The van der Waals surface area contributed by atoms with E-state index in [1.165, 1.54) is 37.0 Å².